The summed E-state index contributed by atoms with van der Waals surface area (Å²) >= 11 is 7.09. The lowest BCUT2D eigenvalue weighted by Crippen LogP contribution is -2.04. The minimum absolute atomic E-state index is 0.183. The number of rotatable bonds is 29. The summed E-state index contributed by atoms with van der Waals surface area (Å²) < 4.78 is 23.1. The first kappa shape index (κ1) is 45.9. The molecule has 322 valence electrons. The fourth-order valence-electron chi connectivity index (χ4n) is 8.29. The van der Waals surface area contributed by atoms with Crippen LogP contribution in [0.15, 0.2) is 30.3 Å². The first-order valence-electron chi connectivity index (χ1n) is 23.3. The van der Waals surface area contributed by atoms with Gasteiger partial charge in [-0.1, -0.05) is 143 Å². The lowest BCUT2D eigenvalue weighted by Gasteiger charge is -2.16. The van der Waals surface area contributed by atoms with E-state index in [-0.39, 0.29) is 5.97 Å². The molecule has 0 atom stereocenters. The number of hydrogen-bond acceptors (Lipinski definition) is 8. The van der Waals surface area contributed by atoms with E-state index >= 15 is 0 Å². The van der Waals surface area contributed by atoms with E-state index in [4.69, 9.17) is 14.2 Å². The van der Waals surface area contributed by atoms with Crippen LogP contribution in [0.1, 0.15) is 181 Å². The third kappa shape index (κ3) is 12.5. The highest BCUT2D eigenvalue weighted by Gasteiger charge is 2.23. The summed E-state index contributed by atoms with van der Waals surface area (Å²) in [5, 5.41) is 5.87. The third-order valence-electron chi connectivity index (χ3n) is 11.6. The van der Waals surface area contributed by atoms with Gasteiger partial charge in [0.25, 0.3) is 0 Å². The van der Waals surface area contributed by atoms with Crippen LogP contribution in [0.2, 0.25) is 0 Å². The molecule has 0 amide bonds. The zero-order valence-corrected chi connectivity index (χ0v) is 40.1. The molecule has 8 heteroatoms. The number of benzene rings is 2. The molecule has 0 unspecified atom stereocenters. The van der Waals surface area contributed by atoms with Crippen LogP contribution < -0.4 is 9.47 Å². The van der Waals surface area contributed by atoms with Crippen molar-refractivity contribution in [3.63, 3.8) is 0 Å². The van der Waals surface area contributed by atoms with E-state index in [0.29, 0.717) is 11.5 Å². The van der Waals surface area contributed by atoms with Crippen LogP contribution in [0, 0.1) is 13.8 Å². The van der Waals surface area contributed by atoms with E-state index in [2.05, 4.69) is 65.0 Å². The van der Waals surface area contributed by atoms with Crippen LogP contribution in [0.5, 0.6) is 11.5 Å². The van der Waals surface area contributed by atoms with Gasteiger partial charge in [0.2, 0.25) is 0 Å². The smallest absolute Gasteiger partial charge is 0.348 e. The Hall–Kier alpha value is -2.65. The van der Waals surface area contributed by atoms with Gasteiger partial charge in [-0.05, 0) is 68.8 Å². The highest BCUT2D eigenvalue weighted by atomic mass is 32.1. The molecular weight excluding hydrogens is 805 g/mol. The summed E-state index contributed by atoms with van der Waals surface area (Å²) in [6, 6.07) is 11.5. The molecule has 0 aliphatic carbocycles. The van der Waals surface area contributed by atoms with Gasteiger partial charge in [0.15, 0.2) is 0 Å². The molecule has 0 saturated heterocycles. The molecule has 6 aromatic rings. The fraction of sp³-hybridized carbons (Fsp3) is 0.588. The second-order valence-corrected chi connectivity index (χ2v) is 21.3. The van der Waals surface area contributed by atoms with Gasteiger partial charge in [0, 0.05) is 45.6 Å². The van der Waals surface area contributed by atoms with Crippen molar-refractivity contribution in [1.29, 1.82) is 0 Å². The van der Waals surface area contributed by atoms with Gasteiger partial charge in [-0.25, -0.2) is 4.79 Å². The fourth-order valence-corrected chi connectivity index (χ4v) is 12.8. The van der Waals surface area contributed by atoms with E-state index < -0.39 is 0 Å². The summed E-state index contributed by atoms with van der Waals surface area (Å²) in [7, 11) is 0. The summed E-state index contributed by atoms with van der Waals surface area (Å²) in [4.78, 5) is 19.0. The highest BCUT2D eigenvalue weighted by Crippen LogP contribution is 2.51. The highest BCUT2D eigenvalue weighted by molar-refractivity contribution is 7.30. The minimum Gasteiger partial charge on any atom is -0.492 e. The Kier molecular flexibility index (Phi) is 18.7. The number of carbonyl (C=O) groups is 1. The Morgan fingerprint density at radius 2 is 1.03 bits per heavy atom. The number of fused-ring (bicyclic) bond motifs is 4. The van der Waals surface area contributed by atoms with Crippen molar-refractivity contribution in [1.82, 2.24) is 0 Å². The van der Waals surface area contributed by atoms with Crippen LogP contribution in [0.3, 0.4) is 0 Å². The van der Waals surface area contributed by atoms with Gasteiger partial charge in [-0.3, -0.25) is 0 Å². The largest absolute Gasteiger partial charge is 0.492 e. The first-order valence-corrected chi connectivity index (χ1v) is 26.6. The molecule has 0 aliphatic heterocycles. The normalized spacial score (nSPS) is 11.9. The molecule has 0 saturated carbocycles. The molecule has 0 fully saturated rings. The SMILES string of the molecule is CCCCCCCCCCCCOC(=O)c1cc2c(-c3cc4cc5c(OCCCCCCCC)c6sc(C)cc6c(OCCCCCCCC)c5cc4s3)sc(C)c2s1. The topological polar surface area (TPSA) is 44.8 Å². The van der Waals surface area contributed by atoms with Crippen molar-refractivity contribution in [2.24, 2.45) is 0 Å². The van der Waals surface area contributed by atoms with Crippen LogP contribution in [0.25, 0.3) is 50.8 Å². The van der Waals surface area contributed by atoms with Gasteiger partial charge in [0.05, 0.1) is 29.4 Å². The summed E-state index contributed by atoms with van der Waals surface area (Å²) in [5.41, 5.74) is 0. The average molecular weight is 875 g/mol. The van der Waals surface area contributed by atoms with Crippen molar-refractivity contribution in [3.05, 3.63) is 45.0 Å². The van der Waals surface area contributed by atoms with Gasteiger partial charge in [0.1, 0.15) is 16.4 Å². The maximum atomic E-state index is 13.2. The standard InChI is InChI=1S/C51H70O4S4/c1-6-9-12-15-18-19-20-21-24-27-30-55-51(52)45-35-42-48(59-45)37(5)57-49(42)44-33-38-32-39-40(34-43(38)58-44)46(53-28-25-22-16-13-10-7-2)41-31-36(4)56-50(41)47(39)54-29-26-23-17-14-11-8-3/h31-35H,6-30H2,1-5H3. The van der Waals surface area contributed by atoms with Crippen molar-refractivity contribution < 1.29 is 19.0 Å². The molecular formula is C51H70O4S4. The number of esters is 1. The van der Waals surface area contributed by atoms with Crippen molar-refractivity contribution in [2.45, 2.75) is 176 Å². The van der Waals surface area contributed by atoms with Gasteiger partial charge in [-0.2, -0.15) is 0 Å². The third-order valence-corrected chi connectivity index (χ3v) is 16.5. The minimum atomic E-state index is -0.183. The van der Waals surface area contributed by atoms with E-state index in [9.17, 15) is 4.79 Å². The molecule has 4 nitrogen and oxygen atoms in total. The van der Waals surface area contributed by atoms with Crippen LogP contribution >= 0.6 is 45.3 Å². The molecule has 4 aromatic heterocycles. The zero-order chi connectivity index (χ0) is 41.4. The first-order chi connectivity index (χ1) is 28.9. The van der Waals surface area contributed by atoms with Crippen LogP contribution in [-0.2, 0) is 4.74 Å². The number of ether oxygens (including phenoxy) is 3. The van der Waals surface area contributed by atoms with E-state index in [1.54, 1.807) is 11.3 Å². The lowest BCUT2D eigenvalue weighted by atomic mass is 10.0. The second-order valence-electron chi connectivity index (χ2n) is 16.7. The molecule has 0 radical (unpaired) electrons. The molecule has 59 heavy (non-hydrogen) atoms. The van der Waals surface area contributed by atoms with Gasteiger partial charge in [-0.15, -0.1) is 45.3 Å². The van der Waals surface area contributed by atoms with E-state index in [1.165, 1.54) is 165 Å². The van der Waals surface area contributed by atoms with Crippen LogP contribution in [0.4, 0.5) is 0 Å². The Balaban J connectivity index is 1.21. The van der Waals surface area contributed by atoms with Crippen molar-refractivity contribution >= 4 is 92.3 Å². The van der Waals surface area contributed by atoms with Crippen molar-refractivity contribution in [3.8, 4) is 21.3 Å². The van der Waals surface area contributed by atoms with E-state index in [0.717, 1.165) is 61.2 Å². The molecule has 0 bridgehead atoms. The summed E-state index contributed by atoms with van der Waals surface area (Å²) in [6.07, 6.45) is 27.6. The zero-order valence-electron chi connectivity index (χ0n) is 36.8. The Morgan fingerprint density at radius 1 is 0.492 bits per heavy atom. The summed E-state index contributed by atoms with van der Waals surface area (Å²) in [5.74, 6) is 1.83. The molecule has 0 spiro atoms. The molecule has 2 aromatic carbocycles. The van der Waals surface area contributed by atoms with Crippen LogP contribution in [-0.4, -0.2) is 25.8 Å². The number of unbranched alkanes of at least 4 members (excludes halogenated alkanes) is 19. The molecule has 0 N–H and O–H groups in total. The predicted octanol–water partition coefficient (Wildman–Crippen LogP) is 18.4. The Bertz CT molecular complexity index is 2110. The van der Waals surface area contributed by atoms with Gasteiger partial charge < -0.3 is 14.2 Å². The maximum absolute atomic E-state index is 13.2. The second kappa shape index (κ2) is 24.1. The average Bonchev–Trinajstić information content (AvgIpc) is 4.02. The Labute approximate surface area is 371 Å². The number of thiophene rings is 4. The number of carbonyl (C=O) groups excluding carboxylic acids is 1. The Morgan fingerprint density at radius 3 is 1.64 bits per heavy atom. The molecule has 4 heterocycles. The molecule has 0 aliphatic rings. The van der Waals surface area contributed by atoms with Gasteiger partial charge >= 0.3 is 5.97 Å². The predicted molar refractivity (Wildman–Crippen MR) is 263 cm³/mol. The van der Waals surface area contributed by atoms with E-state index in [1.807, 2.05) is 34.0 Å². The monoisotopic (exact) mass is 874 g/mol. The lowest BCUT2D eigenvalue weighted by molar-refractivity contribution is 0.0503. The quantitative estimate of drug-likeness (QED) is 0.0348. The maximum Gasteiger partial charge on any atom is 0.348 e. The number of aryl methyl sites for hydroxylation is 2. The summed E-state index contributed by atoms with van der Waals surface area (Å²) in [6.45, 7) is 13.2. The molecule has 6 rings (SSSR count). The van der Waals surface area contributed by atoms with Crippen molar-refractivity contribution in [2.75, 3.05) is 19.8 Å². The number of hydrogen-bond donors (Lipinski definition) is 0.